The van der Waals surface area contributed by atoms with Gasteiger partial charge < -0.3 is 5.11 Å². The Morgan fingerprint density at radius 3 is 2.69 bits per heavy atom. The molecule has 0 saturated carbocycles. The second-order valence-electron chi connectivity index (χ2n) is 3.42. The Labute approximate surface area is 79.4 Å². The standard InChI is InChI=1S/C10H18N2O/c1-10-8-11-12(9-10)6-4-2-3-5-7-13/h8-9,13H,2-7H2,1H3. The Bertz CT molecular complexity index is 233. The molecule has 1 N–H and O–H groups in total. The van der Waals surface area contributed by atoms with Gasteiger partial charge in [-0.2, -0.15) is 5.10 Å². The first-order valence-electron chi connectivity index (χ1n) is 4.93. The molecule has 0 aliphatic rings. The van der Waals surface area contributed by atoms with Crippen molar-refractivity contribution in [1.82, 2.24) is 9.78 Å². The summed E-state index contributed by atoms with van der Waals surface area (Å²) in [7, 11) is 0. The number of aryl methyl sites for hydroxylation is 2. The molecule has 74 valence electrons. The lowest BCUT2D eigenvalue weighted by atomic mass is 10.2. The minimum Gasteiger partial charge on any atom is -0.396 e. The second-order valence-corrected chi connectivity index (χ2v) is 3.42. The third-order valence-electron chi connectivity index (χ3n) is 2.06. The maximum atomic E-state index is 8.57. The number of hydrogen-bond donors (Lipinski definition) is 1. The van der Waals surface area contributed by atoms with Crippen molar-refractivity contribution in [3.63, 3.8) is 0 Å². The zero-order valence-corrected chi connectivity index (χ0v) is 8.24. The highest BCUT2D eigenvalue weighted by molar-refractivity contribution is 4.99. The van der Waals surface area contributed by atoms with Gasteiger partial charge in [-0.25, -0.2) is 0 Å². The van der Waals surface area contributed by atoms with Crippen LogP contribution in [0.15, 0.2) is 12.4 Å². The van der Waals surface area contributed by atoms with Crippen LogP contribution in [0.1, 0.15) is 31.2 Å². The summed E-state index contributed by atoms with van der Waals surface area (Å²) in [4.78, 5) is 0. The van der Waals surface area contributed by atoms with Crippen LogP contribution in [-0.2, 0) is 6.54 Å². The lowest BCUT2D eigenvalue weighted by Crippen LogP contribution is -1.98. The topological polar surface area (TPSA) is 38.0 Å². The number of nitrogens with zero attached hydrogens (tertiary/aromatic N) is 2. The van der Waals surface area contributed by atoms with E-state index in [1.165, 1.54) is 12.0 Å². The van der Waals surface area contributed by atoms with Gasteiger partial charge in [0.2, 0.25) is 0 Å². The van der Waals surface area contributed by atoms with Crippen molar-refractivity contribution in [2.24, 2.45) is 0 Å². The number of rotatable bonds is 6. The molecule has 0 spiro atoms. The van der Waals surface area contributed by atoms with E-state index in [1.807, 2.05) is 10.9 Å². The lowest BCUT2D eigenvalue weighted by Gasteiger charge is -2.00. The van der Waals surface area contributed by atoms with E-state index in [0.29, 0.717) is 6.61 Å². The Morgan fingerprint density at radius 2 is 2.08 bits per heavy atom. The zero-order chi connectivity index (χ0) is 9.52. The fraction of sp³-hybridized carbons (Fsp3) is 0.700. The monoisotopic (exact) mass is 182 g/mol. The van der Waals surface area contributed by atoms with Crippen molar-refractivity contribution in [2.45, 2.75) is 39.2 Å². The van der Waals surface area contributed by atoms with Gasteiger partial charge >= 0.3 is 0 Å². The molecule has 3 nitrogen and oxygen atoms in total. The van der Waals surface area contributed by atoms with E-state index in [1.54, 1.807) is 0 Å². The molecule has 0 bridgehead atoms. The van der Waals surface area contributed by atoms with Crippen LogP contribution in [0.2, 0.25) is 0 Å². The molecule has 1 aromatic heterocycles. The first-order valence-corrected chi connectivity index (χ1v) is 4.93. The molecular formula is C10H18N2O. The SMILES string of the molecule is Cc1cnn(CCCCCCO)c1. The third-order valence-corrected chi connectivity index (χ3v) is 2.06. The van der Waals surface area contributed by atoms with Crippen LogP contribution in [0.4, 0.5) is 0 Å². The zero-order valence-electron chi connectivity index (χ0n) is 8.24. The third kappa shape index (κ3) is 4.08. The number of aromatic nitrogens is 2. The van der Waals surface area contributed by atoms with Gasteiger partial charge in [0.05, 0.1) is 6.20 Å². The molecule has 0 aliphatic heterocycles. The summed E-state index contributed by atoms with van der Waals surface area (Å²) >= 11 is 0. The molecule has 0 unspecified atom stereocenters. The fourth-order valence-corrected chi connectivity index (χ4v) is 1.33. The molecule has 0 radical (unpaired) electrons. The summed E-state index contributed by atoms with van der Waals surface area (Å²) in [5.41, 5.74) is 1.22. The number of hydrogen-bond acceptors (Lipinski definition) is 2. The molecule has 0 aromatic carbocycles. The van der Waals surface area contributed by atoms with Crippen molar-refractivity contribution >= 4 is 0 Å². The van der Waals surface area contributed by atoms with E-state index >= 15 is 0 Å². The van der Waals surface area contributed by atoms with Crippen LogP contribution >= 0.6 is 0 Å². The van der Waals surface area contributed by atoms with Gasteiger partial charge in [0.25, 0.3) is 0 Å². The van der Waals surface area contributed by atoms with Gasteiger partial charge in [-0.3, -0.25) is 4.68 Å². The highest BCUT2D eigenvalue weighted by atomic mass is 16.2. The van der Waals surface area contributed by atoms with Crippen LogP contribution in [-0.4, -0.2) is 21.5 Å². The van der Waals surface area contributed by atoms with Crippen molar-refractivity contribution < 1.29 is 5.11 Å². The summed E-state index contributed by atoms with van der Waals surface area (Å²) in [6.07, 6.45) is 8.33. The van der Waals surface area contributed by atoms with E-state index in [4.69, 9.17) is 5.11 Å². The Hall–Kier alpha value is -0.830. The van der Waals surface area contributed by atoms with Gasteiger partial charge in [0.15, 0.2) is 0 Å². The smallest absolute Gasteiger partial charge is 0.0518 e. The molecule has 1 heterocycles. The van der Waals surface area contributed by atoms with Crippen molar-refractivity contribution in [2.75, 3.05) is 6.61 Å². The highest BCUT2D eigenvalue weighted by Crippen LogP contribution is 2.02. The summed E-state index contributed by atoms with van der Waals surface area (Å²) in [5.74, 6) is 0. The molecule has 13 heavy (non-hydrogen) atoms. The molecule has 0 fully saturated rings. The van der Waals surface area contributed by atoms with Crippen LogP contribution < -0.4 is 0 Å². The minimum absolute atomic E-state index is 0.320. The van der Waals surface area contributed by atoms with Gasteiger partial charge in [0, 0.05) is 19.3 Å². The van der Waals surface area contributed by atoms with E-state index in [-0.39, 0.29) is 0 Å². The molecule has 1 aromatic rings. The first kappa shape index (κ1) is 10.3. The van der Waals surface area contributed by atoms with Crippen LogP contribution in [0.5, 0.6) is 0 Å². The molecule has 1 rings (SSSR count). The Morgan fingerprint density at radius 1 is 1.31 bits per heavy atom. The van der Waals surface area contributed by atoms with E-state index in [9.17, 15) is 0 Å². The quantitative estimate of drug-likeness (QED) is 0.680. The Balaban J connectivity index is 2.06. The second kappa shape index (κ2) is 5.75. The molecule has 0 aliphatic carbocycles. The Kier molecular flexibility index (Phi) is 4.54. The average molecular weight is 182 g/mol. The fourth-order valence-electron chi connectivity index (χ4n) is 1.33. The predicted molar refractivity (Wildman–Crippen MR) is 52.5 cm³/mol. The molecule has 0 atom stereocenters. The molecule has 0 saturated heterocycles. The molecule has 3 heteroatoms. The van der Waals surface area contributed by atoms with Crippen molar-refractivity contribution in [3.8, 4) is 0 Å². The summed E-state index contributed by atoms with van der Waals surface area (Å²) in [6, 6.07) is 0. The van der Waals surface area contributed by atoms with Gasteiger partial charge in [-0.15, -0.1) is 0 Å². The van der Waals surface area contributed by atoms with Crippen molar-refractivity contribution in [3.05, 3.63) is 18.0 Å². The normalized spacial score (nSPS) is 10.6. The number of aliphatic hydroxyl groups excluding tert-OH is 1. The summed E-state index contributed by atoms with van der Waals surface area (Å²) in [6.45, 7) is 3.37. The number of aliphatic hydroxyl groups is 1. The minimum atomic E-state index is 0.320. The maximum absolute atomic E-state index is 8.57. The largest absolute Gasteiger partial charge is 0.396 e. The maximum Gasteiger partial charge on any atom is 0.0518 e. The first-order chi connectivity index (χ1) is 6.33. The summed E-state index contributed by atoms with van der Waals surface area (Å²) in [5, 5.41) is 12.8. The lowest BCUT2D eigenvalue weighted by molar-refractivity contribution is 0.282. The van der Waals surface area contributed by atoms with Crippen LogP contribution in [0.3, 0.4) is 0 Å². The van der Waals surface area contributed by atoms with Crippen molar-refractivity contribution in [1.29, 1.82) is 0 Å². The van der Waals surface area contributed by atoms with E-state index in [2.05, 4.69) is 18.2 Å². The average Bonchev–Trinajstić information content (AvgIpc) is 2.51. The van der Waals surface area contributed by atoms with Crippen LogP contribution in [0, 0.1) is 6.92 Å². The van der Waals surface area contributed by atoms with Gasteiger partial charge in [-0.05, 0) is 25.3 Å². The van der Waals surface area contributed by atoms with E-state index in [0.717, 1.165) is 25.8 Å². The predicted octanol–water partition coefficient (Wildman–Crippen LogP) is 1.74. The van der Waals surface area contributed by atoms with Gasteiger partial charge in [0.1, 0.15) is 0 Å². The summed E-state index contributed by atoms with van der Waals surface area (Å²) < 4.78 is 1.98. The highest BCUT2D eigenvalue weighted by Gasteiger charge is 1.93. The molecular weight excluding hydrogens is 164 g/mol. The van der Waals surface area contributed by atoms with Gasteiger partial charge in [-0.1, -0.05) is 12.8 Å². The number of unbranched alkanes of at least 4 members (excludes halogenated alkanes) is 3. The molecule has 0 amide bonds. The van der Waals surface area contributed by atoms with E-state index < -0.39 is 0 Å². The van der Waals surface area contributed by atoms with Crippen LogP contribution in [0.25, 0.3) is 0 Å².